The van der Waals surface area contributed by atoms with Gasteiger partial charge < -0.3 is 14.7 Å². The summed E-state index contributed by atoms with van der Waals surface area (Å²) in [7, 11) is 3.61. The summed E-state index contributed by atoms with van der Waals surface area (Å²) in [4.78, 5) is 2.03. The Balaban J connectivity index is 2.75. The summed E-state index contributed by atoms with van der Waals surface area (Å²) >= 11 is 0. The van der Waals surface area contributed by atoms with Gasteiger partial charge in [-0.15, -0.1) is 0 Å². The molecule has 0 radical (unpaired) electrons. The smallest absolute Gasteiger partial charge is 0.119 e. The topological polar surface area (TPSA) is 32.7 Å². The summed E-state index contributed by atoms with van der Waals surface area (Å²) < 4.78 is 5.07. The molecule has 3 heteroatoms. The number of hydrogen-bond acceptors (Lipinski definition) is 3. The van der Waals surface area contributed by atoms with Crippen LogP contribution in [0.2, 0.25) is 0 Å². The minimum atomic E-state index is 0.128. The molecule has 0 saturated heterocycles. The van der Waals surface area contributed by atoms with E-state index in [2.05, 4.69) is 0 Å². The molecular formula is C11H17NO2. The minimum Gasteiger partial charge on any atom is -0.497 e. The lowest BCUT2D eigenvalue weighted by Gasteiger charge is -2.25. The van der Waals surface area contributed by atoms with Gasteiger partial charge in [-0.05, 0) is 31.2 Å². The molecule has 1 aromatic rings. The fourth-order valence-electron chi connectivity index (χ4n) is 1.19. The van der Waals surface area contributed by atoms with E-state index in [1.165, 1.54) is 0 Å². The zero-order chi connectivity index (χ0) is 10.6. The molecular weight excluding hydrogens is 178 g/mol. The molecule has 1 rings (SSSR count). The van der Waals surface area contributed by atoms with Gasteiger partial charge in [0.15, 0.2) is 0 Å². The van der Waals surface area contributed by atoms with Crippen molar-refractivity contribution in [2.45, 2.75) is 13.0 Å². The molecule has 1 aromatic carbocycles. The van der Waals surface area contributed by atoms with Crippen LogP contribution in [0.25, 0.3) is 0 Å². The highest BCUT2D eigenvalue weighted by Crippen LogP contribution is 2.19. The Hall–Kier alpha value is -1.22. The number of aliphatic hydroxyl groups excluding tert-OH is 1. The first-order valence-corrected chi connectivity index (χ1v) is 4.66. The fraction of sp³-hybridized carbons (Fsp3) is 0.455. The highest BCUT2D eigenvalue weighted by molar-refractivity contribution is 5.49. The van der Waals surface area contributed by atoms with Crippen molar-refractivity contribution in [3.05, 3.63) is 24.3 Å². The Morgan fingerprint density at radius 2 is 1.93 bits per heavy atom. The van der Waals surface area contributed by atoms with Crippen molar-refractivity contribution < 1.29 is 9.84 Å². The van der Waals surface area contributed by atoms with Crippen LogP contribution in [0.1, 0.15) is 6.92 Å². The molecule has 0 aliphatic heterocycles. The zero-order valence-electron chi connectivity index (χ0n) is 8.90. The zero-order valence-corrected chi connectivity index (χ0v) is 8.90. The number of ether oxygens (including phenoxy) is 1. The molecule has 0 amide bonds. The van der Waals surface area contributed by atoms with Gasteiger partial charge in [0.2, 0.25) is 0 Å². The predicted molar refractivity (Wildman–Crippen MR) is 57.9 cm³/mol. The highest BCUT2D eigenvalue weighted by atomic mass is 16.5. The second kappa shape index (κ2) is 4.86. The van der Waals surface area contributed by atoms with Gasteiger partial charge in [-0.25, -0.2) is 0 Å². The number of hydrogen-bond donors (Lipinski definition) is 1. The van der Waals surface area contributed by atoms with Crippen LogP contribution in [0.3, 0.4) is 0 Å². The van der Waals surface area contributed by atoms with Crippen molar-refractivity contribution in [2.24, 2.45) is 0 Å². The minimum absolute atomic E-state index is 0.128. The van der Waals surface area contributed by atoms with Gasteiger partial charge in [0, 0.05) is 18.8 Å². The number of benzene rings is 1. The van der Waals surface area contributed by atoms with Gasteiger partial charge in [0.25, 0.3) is 0 Å². The van der Waals surface area contributed by atoms with Gasteiger partial charge in [0.05, 0.1) is 13.7 Å². The van der Waals surface area contributed by atoms with Crippen molar-refractivity contribution in [2.75, 3.05) is 25.7 Å². The lowest BCUT2D eigenvalue weighted by atomic mass is 10.2. The quantitative estimate of drug-likeness (QED) is 0.790. The van der Waals surface area contributed by atoms with E-state index in [0.29, 0.717) is 0 Å². The van der Waals surface area contributed by atoms with Crippen LogP contribution >= 0.6 is 0 Å². The maximum absolute atomic E-state index is 9.00. The summed E-state index contributed by atoms with van der Waals surface area (Å²) in [6, 6.07) is 7.91. The molecule has 0 spiro atoms. The highest BCUT2D eigenvalue weighted by Gasteiger charge is 2.07. The van der Waals surface area contributed by atoms with Crippen molar-refractivity contribution in [3.63, 3.8) is 0 Å². The number of anilines is 1. The van der Waals surface area contributed by atoms with Crippen molar-refractivity contribution in [1.29, 1.82) is 0 Å². The number of likely N-dealkylation sites (N-methyl/N-ethyl adjacent to an activating group) is 1. The van der Waals surface area contributed by atoms with Crippen LogP contribution in [-0.2, 0) is 0 Å². The Morgan fingerprint density at radius 1 is 1.36 bits per heavy atom. The first-order valence-electron chi connectivity index (χ1n) is 4.66. The molecule has 0 aliphatic rings. The van der Waals surface area contributed by atoms with Gasteiger partial charge >= 0.3 is 0 Å². The second-order valence-corrected chi connectivity index (χ2v) is 3.34. The van der Waals surface area contributed by atoms with E-state index in [1.54, 1.807) is 7.11 Å². The van der Waals surface area contributed by atoms with E-state index in [0.717, 1.165) is 11.4 Å². The molecule has 1 N–H and O–H groups in total. The predicted octanol–water partition coefficient (Wildman–Crippen LogP) is 1.51. The Labute approximate surface area is 84.9 Å². The molecule has 0 saturated carbocycles. The van der Waals surface area contributed by atoms with E-state index in [1.807, 2.05) is 43.1 Å². The first-order chi connectivity index (χ1) is 6.69. The first kappa shape index (κ1) is 10.9. The van der Waals surface area contributed by atoms with Gasteiger partial charge in [-0.1, -0.05) is 0 Å². The van der Waals surface area contributed by atoms with Crippen LogP contribution < -0.4 is 9.64 Å². The Morgan fingerprint density at radius 3 is 2.36 bits per heavy atom. The number of rotatable bonds is 4. The summed E-state index contributed by atoms with van der Waals surface area (Å²) in [5.41, 5.74) is 1.08. The van der Waals surface area contributed by atoms with Crippen LogP contribution in [0.5, 0.6) is 5.75 Å². The summed E-state index contributed by atoms with van der Waals surface area (Å²) in [5, 5.41) is 9.00. The molecule has 0 aliphatic carbocycles. The summed E-state index contributed by atoms with van der Waals surface area (Å²) in [6.45, 7) is 2.13. The van der Waals surface area contributed by atoms with Crippen molar-refractivity contribution >= 4 is 5.69 Å². The number of aliphatic hydroxyl groups is 1. The molecule has 0 aromatic heterocycles. The molecule has 0 heterocycles. The third kappa shape index (κ3) is 2.39. The molecule has 1 unspecified atom stereocenters. The largest absolute Gasteiger partial charge is 0.497 e. The Bertz CT molecular complexity index is 271. The molecule has 1 atom stereocenters. The van der Waals surface area contributed by atoms with Crippen molar-refractivity contribution in [3.8, 4) is 5.75 Å². The third-order valence-electron chi connectivity index (χ3n) is 2.41. The Kier molecular flexibility index (Phi) is 3.77. The lowest BCUT2D eigenvalue weighted by molar-refractivity contribution is 0.270. The maximum atomic E-state index is 9.00. The SMILES string of the molecule is COc1ccc(N(C)C(C)CO)cc1. The van der Waals surface area contributed by atoms with Crippen LogP contribution in [0.15, 0.2) is 24.3 Å². The number of methoxy groups -OCH3 is 1. The van der Waals surface area contributed by atoms with Crippen LogP contribution in [0.4, 0.5) is 5.69 Å². The fourth-order valence-corrected chi connectivity index (χ4v) is 1.19. The standard InChI is InChI=1S/C11H17NO2/c1-9(8-13)12(2)10-4-6-11(14-3)7-5-10/h4-7,9,13H,8H2,1-3H3. The average Bonchev–Trinajstić information content (AvgIpc) is 2.27. The van der Waals surface area contributed by atoms with E-state index in [9.17, 15) is 0 Å². The normalized spacial score (nSPS) is 12.3. The van der Waals surface area contributed by atoms with Crippen molar-refractivity contribution in [1.82, 2.24) is 0 Å². The van der Waals surface area contributed by atoms with Gasteiger partial charge in [-0.3, -0.25) is 0 Å². The van der Waals surface area contributed by atoms with Crippen LogP contribution in [0, 0.1) is 0 Å². The lowest BCUT2D eigenvalue weighted by Crippen LogP contribution is -2.31. The summed E-state index contributed by atoms with van der Waals surface area (Å²) in [6.07, 6.45) is 0. The molecule has 78 valence electrons. The number of nitrogens with zero attached hydrogens (tertiary/aromatic N) is 1. The van der Waals surface area contributed by atoms with E-state index in [-0.39, 0.29) is 12.6 Å². The molecule has 0 bridgehead atoms. The molecule has 14 heavy (non-hydrogen) atoms. The van der Waals surface area contributed by atoms with Gasteiger partial charge in [-0.2, -0.15) is 0 Å². The monoisotopic (exact) mass is 195 g/mol. The van der Waals surface area contributed by atoms with E-state index in [4.69, 9.17) is 9.84 Å². The van der Waals surface area contributed by atoms with E-state index >= 15 is 0 Å². The van der Waals surface area contributed by atoms with Crippen LogP contribution in [-0.4, -0.2) is 31.9 Å². The molecule has 0 fully saturated rings. The third-order valence-corrected chi connectivity index (χ3v) is 2.41. The molecule has 3 nitrogen and oxygen atoms in total. The average molecular weight is 195 g/mol. The van der Waals surface area contributed by atoms with E-state index < -0.39 is 0 Å². The second-order valence-electron chi connectivity index (χ2n) is 3.34. The van der Waals surface area contributed by atoms with Gasteiger partial charge in [0.1, 0.15) is 5.75 Å². The maximum Gasteiger partial charge on any atom is 0.119 e. The summed E-state index contributed by atoms with van der Waals surface area (Å²) in [5.74, 6) is 0.846.